The van der Waals surface area contributed by atoms with E-state index in [1.165, 1.54) is 4.31 Å². The molecule has 0 aromatic heterocycles. The Kier molecular flexibility index (Phi) is 4.52. The van der Waals surface area contributed by atoms with Crippen LogP contribution in [0, 0.1) is 5.41 Å². The van der Waals surface area contributed by atoms with Crippen molar-refractivity contribution in [3.63, 3.8) is 0 Å². The Morgan fingerprint density at radius 3 is 2.84 bits per heavy atom. The van der Waals surface area contributed by atoms with Crippen LogP contribution in [-0.4, -0.2) is 70.6 Å². The Labute approximate surface area is 115 Å². The van der Waals surface area contributed by atoms with Crippen LogP contribution >= 0.6 is 0 Å². The monoisotopic (exact) mass is 292 g/mol. The Bertz CT molecular complexity index is 408. The second-order valence-corrected chi connectivity index (χ2v) is 7.81. The second kappa shape index (κ2) is 5.65. The Morgan fingerprint density at radius 2 is 2.21 bits per heavy atom. The third-order valence-electron chi connectivity index (χ3n) is 4.17. The van der Waals surface area contributed by atoms with Crippen LogP contribution in [-0.2, 0) is 19.7 Å². The van der Waals surface area contributed by atoms with Crippen molar-refractivity contribution >= 4 is 10.2 Å². The van der Waals surface area contributed by atoms with E-state index in [-0.39, 0.29) is 11.5 Å². The molecule has 2 saturated heterocycles. The molecule has 19 heavy (non-hydrogen) atoms. The minimum atomic E-state index is -3.35. The summed E-state index contributed by atoms with van der Waals surface area (Å²) in [6.07, 6.45) is 2.80. The highest BCUT2D eigenvalue weighted by Crippen LogP contribution is 2.41. The molecule has 2 rings (SSSR count). The van der Waals surface area contributed by atoms with Crippen molar-refractivity contribution < 1.29 is 17.9 Å². The summed E-state index contributed by atoms with van der Waals surface area (Å²) in [4.78, 5) is 0. The maximum atomic E-state index is 12.3. The summed E-state index contributed by atoms with van der Waals surface area (Å²) in [6, 6.07) is 0. The van der Waals surface area contributed by atoms with Gasteiger partial charge in [-0.2, -0.15) is 17.0 Å². The van der Waals surface area contributed by atoms with Gasteiger partial charge in [0.15, 0.2) is 0 Å². The van der Waals surface area contributed by atoms with Crippen LogP contribution in [0.3, 0.4) is 0 Å². The highest BCUT2D eigenvalue weighted by molar-refractivity contribution is 7.86. The number of piperidine rings is 1. The van der Waals surface area contributed by atoms with Gasteiger partial charge in [-0.15, -0.1) is 0 Å². The fourth-order valence-electron chi connectivity index (χ4n) is 3.18. The molecule has 0 bridgehead atoms. The summed E-state index contributed by atoms with van der Waals surface area (Å²) in [6.45, 7) is 2.34. The number of nitrogens with zero attached hydrogens (tertiary/aromatic N) is 2. The lowest BCUT2D eigenvalue weighted by Gasteiger charge is -2.49. The van der Waals surface area contributed by atoms with Gasteiger partial charge in [-0.25, -0.2) is 0 Å². The van der Waals surface area contributed by atoms with Gasteiger partial charge in [0.25, 0.3) is 10.2 Å². The molecule has 0 spiro atoms. The summed E-state index contributed by atoms with van der Waals surface area (Å²) < 4.78 is 38.6. The molecule has 2 aliphatic rings. The van der Waals surface area contributed by atoms with Crippen molar-refractivity contribution in [1.29, 1.82) is 0 Å². The van der Waals surface area contributed by atoms with E-state index < -0.39 is 10.2 Å². The molecule has 0 aromatic rings. The van der Waals surface area contributed by atoms with Crippen LogP contribution in [0.4, 0.5) is 0 Å². The number of rotatable bonds is 4. The number of ether oxygens (including phenoxy) is 2. The van der Waals surface area contributed by atoms with E-state index in [0.717, 1.165) is 25.9 Å². The zero-order valence-corrected chi connectivity index (χ0v) is 12.8. The minimum Gasteiger partial charge on any atom is -0.384 e. The summed E-state index contributed by atoms with van der Waals surface area (Å²) in [7, 11) is 1.46. The molecule has 0 aromatic carbocycles. The highest BCUT2D eigenvalue weighted by atomic mass is 32.2. The van der Waals surface area contributed by atoms with Crippen molar-refractivity contribution in [2.45, 2.75) is 25.4 Å². The third-order valence-corrected chi connectivity index (χ3v) is 6.06. The van der Waals surface area contributed by atoms with Gasteiger partial charge in [-0.3, -0.25) is 0 Å². The van der Waals surface area contributed by atoms with E-state index in [1.54, 1.807) is 25.5 Å². The van der Waals surface area contributed by atoms with Crippen LogP contribution in [0.25, 0.3) is 0 Å². The lowest BCUT2D eigenvalue weighted by molar-refractivity contribution is -0.137. The Morgan fingerprint density at radius 1 is 1.47 bits per heavy atom. The van der Waals surface area contributed by atoms with Crippen LogP contribution in [0.2, 0.25) is 0 Å². The molecular formula is C12H24N2O4S. The van der Waals surface area contributed by atoms with Crippen molar-refractivity contribution in [1.82, 2.24) is 8.61 Å². The molecule has 7 heteroatoms. The van der Waals surface area contributed by atoms with Crippen molar-refractivity contribution in [3.8, 4) is 0 Å². The van der Waals surface area contributed by atoms with Gasteiger partial charge in [-0.1, -0.05) is 0 Å². The summed E-state index contributed by atoms with van der Waals surface area (Å²) >= 11 is 0. The maximum absolute atomic E-state index is 12.3. The molecule has 2 atom stereocenters. The van der Waals surface area contributed by atoms with E-state index in [0.29, 0.717) is 19.7 Å². The first-order valence-corrected chi connectivity index (χ1v) is 8.10. The average Bonchev–Trinajstić information content (AvgIpc) is 2.38. The van der Waals surface area contributed by atoms with Gasteiger partial charge >= 0.3 is 0 Å². The predicted octanol–water partition coefficient (Wildman–Crippen LogP) is 0.310. The fraction of sp³-hybridized carbons (Fsp3) is 1.00. The fourth-order valence-corrected chi connectivity index (χ4v) is 4.39. The van der Waals surface area contributed by atoms with Gasteiger partial charge in [0, 0.05) is 46.3 Å². The van der Waals surface area contributed by atoms with E-state index in [9.17, 15) is 8.42 Å². The zero-order valence-electron chi connectivity index (χ0n) is 12.0. The largest absolute Gasteiger partial charge is 0.384 e. The van der Waals surface area contributed by atoms with Crippen LogP contribution in [0.5, 0.6) is 0 Å². The maximum Gasteiger partial charge on any atom is 0.281 e. The lowest BCUT2D eigenvalue weighted by Crippen LogP contribution is -2.59. The molecule has 2 heterocycles. The van der Waals surface area contributed by atoms with Crippen LogP contribution < -0.4 is 0 Å². The SMILES string of the molecule is COC[C@]12CCCO[C@@H]1CCN(S(=O)(=O)N(C)C)C2. The van der Waals surface area contributed by atoms with Crippen molar-refractivity contribution in [2.75, 3.05) is 47.5 Å². The van der Waals surface area contributed by atoms with Gasteiger partial charge in [-0.05, 0) is 19.3 Å². The Balaban J connectivity index is 2.21. The first kappa shape index (κ1) is 15.2. The number of fused-ring (bicyclic) bond motifs is 1. The highest BCUT2D eigenvalue weighted by Gasteiger charge is 2.48. The molecule has 0 radical (unpaired) electrons. The van der Waals surface area contributed by atoms with E-state index >= 15 is 0 Å². The van der Waals surface area contributed by atoms with E-state index in [4.69, 9.17) is 9.47 Å². The van der Waals surface area contributed by atoms with Crippen LogP contribution in [0.1, 0.15) is 19.3 Å². The molecule has 0 saturated carbocycles. The van der Waals surface area contributed by atoms with Gasteiger partial charge in [0.1, 0.15) is 0 Å². The van der Waals surface area contributed by atoms with Gasteiger partial charge in [0.05, 0.1) is 12.7 Å². The lowest BCUT2D eigenvalue weighted by atomic mass is 9.73. The zero-order chi connectivity index (χ0) is 14.1. The number of hydrogen-bond acceptors (Lipinski definition) is 4. The Hall–Kier alpha value is -0.210. The molecule has 0 amide bonds. The topological polar surface area (TPSA) is 59.1 Å². The standard InChI is InChI=1S/C12H24N2O4S/c1-13(2)19(15,16)14-7-5-11-12(9-14,10-17-3)6-4-8-18-11/h11H,4-10H2,1-3H3/t11-,12-/m1/s1. The minimum absolute atomic E-state index is 0.120. The third kappa shape index (κ3) is 2.80. The molecule has 0 unspecified atom stereocenters. The number of hydrogen-bond donors (Lipinski definition) is 0. The van der Waals surface area contributed by atoms with Crippen molar-refractivity contribution in [2.24, 2.45) is 5.41 Å². The van der Waals surface area contributed by atoms with Gasteiger partial charge < -0.3 is 9.47 Å². The normalized spacial score (nSPS) is 33.4. The van der Waals surface area contributed by atoms with Crippen molar-refractivity contribution in [3.05, 3.63) is 0 Å². The van der Waals surface area contributed by atoms with E-state index in [1.807, 2.05) is 0 Å². The molecule has 2 aliphatic heterocycles. The summed E-state index contributed by atoms with van der Waals surface area (Å²) in [5.74, 6) is 0. The smallest absolute Gasteiger partial charge is 0.281 e. The molecular weight excluding hydrogens is 268 g/mol. The first-order valence-electron chi connectivity index (χ1n) is 6.70. The average molecular weight is 292 g/mol. The molecule has 6 nitrogen and oxygen atoms in total. The molecule has 2 fully saturated rings. The first-order chi connectivity index (χ1) is 8.92. The molecule has 0 N–H and O–H groups in total. The van der Waals surface area contributed by atoms with Gasteiger partial charge in [0.2, 0.25) is 0 Å². The second-order valence-electron chi connectivity index (χ2n) is 5.67. The summed E-state index contributed by atoms with van der Waals surface area (Å²) in [5.41, 5.74) is -0.186. The molecule has 0 aliphatic carbocycles. The van der Waals surface area contributed by atoms with E-state index in [2.05, 4.69) is 0 Å². The summed E-state index contributed by atoms with van der Waals surface area (Å²) in [5, 5.41) is 0. The van der Waals surface area contributed by atoms with Crippen LogP contribution in [0.15, 0.2) is 0 Å². The quantitative estimate of drug-likeness (QED) is 0.748. The number of methoxy groups -OCH3 is 1. The predicted molar refractivity (Wildman–Crippen MR) is 72.1 cm³/mol. The molecule has 112 valence electrons.